The van der Waals surface area contributed by atoms with Gasteiger partial charge in [0.05, 0.1) is 18.0 Å². The summed E-state index contributed by atoms with van der Waals surface area (Å²) in [6.07, 6.45) is 1.32. The molecule has 0 radical (unpaired) electrons. The Morgan fingerprint density at radius 1 is 0.967 bits per heavy atom. The molecule has 6 heteroatoms. The van der Waals surface area contributed by atoms with Gasteiger partial charge in [-0.1, -0.05) is 42.5 Å². The fraction of sp³-hybridized carbons (Fsp3) is 0.417. The first kappa shape index (κ1) is 21.8. The molecular formula is C24H30FN3O2. The summed E-state index contributed by atoms with van der Waals surface area (Å²) in [5.41, 5.74) is 1.92. The van der Waals surface area contributed by atoms with Gasteiger partial charge in [-0.2, -0.15) is 0 Å². The van der Waals surface area contributed by atoms with E-state index >= 15 is 0 Å². The molecule has 3 amide bonds. The Morgan fingerprint density at radius 3 is 2.27 bits per heavy atom. The second-order valence-corrected chi connectivity index (χ2v) is 8.24. The van der Waals surface area contributed by atoms with Crippen LogP contribution in [0.15, 0.2) is 54.6 Å². The molecule has 3 atom stereocenters. The maximum atomic E-state index is 13.4. The van der Waals surface area contributed by atoms with E-state index in [9.17, 15) is 14.0 Å². The summed E-state index contributed by atoms with van der Waals surface area (Å²) >= 11 is 0. The minimum atomic E-state index is -0.306. The SMILES string of the molecule is CC(C)NC(=O)N1C[C@H](C(=O)N[C@H](C)c2ccccc2)CC[C@@H]1c1ccc(F)cc1. The molecule has 0 aliphatic carbocycles. The van der Waals surface area contributed by atoms with Crippen molar-refractivity contribution in [2.75, 3.05) is 6.54 Å². The first-order valence-electron chi connectivity index (χ1n) is 10.5. The van der Waals surface area contributed by atoms with Gasteiger partial charge in [-0.15, -0.1) is 0 Å². The molecule has 160 valence electrons. The molecule has 5 nitrogen and oxygen atoms in total. The second kappa shape index (κ2) is 9.74. The standard InChI is InChI=1S/C24H30FN3O2/c1-16(2)26-24(30)28-15-20(11-14-22(28)19-9-12-21(25)13-10-19)23(29)27-17(3)18-7-5-4-6-8-18/h4-10,12-13,16-17,20,22H,11,14-15H2,1-3H3,(H,26,30)(H,27,29)/t17-,20-,22-/m1/s1. The summed E-state index contributed by atoms with van der Waals surface area (Å²) in [4.78, 5) is 27.5. The lowest BCUT2D eigenvalue weighted by Gasteiger charge is -2.40. The van der Waals surface area contributed by atoms with Gasteiger partial charge < -0.3 is 15.5 Å². The molecule has 1 aliphatic heterocycles. The number of halogens is 1. The normalized spacial score (nSPS) is 20.0. The van der Waals surface area contributed by atoms with Crippen LogP contribution in [0.3, 0.4) is 0 Å². The zero-order valence-corrected chi connectivity index (χ0v) is 17.8. The van der Waals surface area contributed by atoms with Crippen molar-refractivity contribution in [3.8, 4) is 0 Å². The Labute approximate surface area is 177 Å². The zero-order valence-electron chi connectivity index (χ0n) is 17.8. The maximum absolute atomic E-state index is 13.4. The van der Waals surface area contributed by atoms with Gasteiger partial charge in [0, 0.05) is 12.6 Å². The average Bonchev–Trinajstić information content (AvgIpc) is 2.74. The molecule has 1 aliphatic rings. The molecule has 1 fully saturated rings. The largest absolute Gasteiger partial charge is 0.349 e. The summed E-state index contributed by atoms with van der Waals surface area (Å²) in [6, 6.07) is 15.6. The van der Waals surface area contributed by atoms with Crippen molar-refractivity contribution in [1.82, 2.24) is 15.5 Å². The number of piperidine rings is 1. The van der Waals surface area contributed by atoms with Gasteiger partial charge in [-0.25, -0.2) is 9.18 Å². The van der Waals surface area contributed by atoms with Crippen LogP contribution >= 0.6 is 0 Å². The quantitative estimate of drug-likeness (QED) is 0.757. The second-order valence-electron chi connectivity index (χ2n) is 8.24. The topological polar surface area (TPSA) is 61.4 Å². The Kier molecular flexibility index (Phi) is 7.08. The summed E-state index contributed by atoms with van der Waals surface area (Å²) in [5, 5.41) is 6.01. The lowest BCUT2D eigenvalue weighted by Crippen LogP contribution is -2.51. The lowest BCUT2D eigenvalue weighted by molar-refractivity contribution is -0.127. The first-order chi connectivity index (χ1) is 14.3. The number of urea groups is 1. The van der Waals surface area contributed by atoms with Crippen LogP contribution in [-0.2, 0) is 4.79 Å². The highest BCUT2D eigenvalue weighted by Crippen LogP contribution is 2.34. The lowest BCUT2D eigenvalue weighted by atomic mass is 9.88. The van der Waals surface area contributed by atoms with E-state index in [1.807, 2.05) is 51.1 Å². The molecule has 0 bridgehead atoms. The van der Waals surface area contributed by atoms with Gasteiger partial charge in [0.2, 0.25) is 5.91 Å². The minimum absolute atomic E-state index is 0.0151. The van der Waals surface area contributed by atoms with E-state index in [-0.39, 0.29) is 41.8 Å². The predicted octanol–water partition coefficient (Wildman–Crippen LogP) is 4.57. The predicted molar refractivity (Wildman–Crippen MR) is 115 cm³/mol. The Hall–Kier alpha value is -2.89. The number of amides is 3. The van der Waals surface area contributed by atoms with E-state index in [1.54, 1.807) is 17.0 Å². The van der Waals surface area contributed by atoms with Gasteiger partial charge in [-0.05, 0) is 56.9 Å². The number of carbonyl (C=O) groups is 2. The zero-order chi connectivity index (χ0) is 21.7. The number of benzene rings is 2. The summed E-state index contributed by atoms with van der Waals surface area (Å²) < 4.78 is 13.4. The number of nitrogens with one attached hydrogen (secondary N) is 2. The van der Waals surface area contributed by atoms with Gasteiger partial charge >= 0.3 is 6.03 Å². The van der Waals surface area contributed by atoms with E-state index in [2.05, 4.69) is 10.6 Å². The number of rotatable bonds is 5. The van der Waals surface area contributed by atoms with Crippen LogP contribution < -0.4 is 10.6 Å². The third kappa shape index (κ3) is 5.38. The van der Waals surface area contributed by atoms with Crippen molar-refractivity contribution in [3.05, 3.63) is 71.5 Å². The van der Waals surface area contributed by atoms with E-state index in [0.29, 0.717) is 19.4 Å². The van der Waals surface area contributed by atoms with Crippen LogP contribution in [0.5, 0.6) is 0 Å². The smallest absolute Gasteiger partial charge is 0.318 e. The van der Waals surface area contributed by atoms with Gasteiger partial charge in [-0.3, -0.25) is 4.79 Å². The molecule has 1 heterocycles. The molecule has 0 spiro atoms. The van der Waals surface area contributed by atoms with Crippen LogP contribution in [0.25, 0.3) is 0 Å². The number of hydrogen-bond donors (Lipinski definition) is 2. The van der Waals surface area contributed by atoms with E-state index in [0.717, 1.165) is 11.1 Å². The van der Waals surface area contributed by atoms with Crippen LogP contribution in [-0.4, -0.2) is 29.4 Å². The molecular weight excluding hydrogens is 381 g/mol. The average molecular weight is 412 g/mol. The van der Waals surface area contributed by atoms with E-state index in [4.69, 9.17) is 0 Å². The molecule has 0 aromatic heterocycles. The summed E-state index contributed by atoms with van der Waals surface area (Å²) in [6.45, 7) is 6.09. The molecule has 2 aromatic carbocycles. The summed E-state index contributed by atoms with van der Waals surface area (Å²) in [5.74, 6) is -0.642. The Balaban J connectivity index is 1.73. The van der Waals surface area contributed by atoms with Crippen molar-refractivity contribution >= 4 is 11.9 Å². The van der Waals surface area contributed by atoms with Crippen molar-refractivity contribution in [1.29, 1.82) is 0 Å². The molecule has 2 aromatic rings. The highest BCUT2D eigenvalue weighted by atomic mass is 19.1. The van der Waals surface area contributed by atoms with Crippen molar-refractivity contribution < 1.29 is 14.0 Å². The molecule has 0 unspecified atom stereocenters. The van der Waals surface area contributed by atoms with Crippen LogP contribution in [0, 0.1) is 11.7 Å². The van der Waals surface area contributed by atoms with Crippen molar-refractivity contribution in [2.45, 2.75) is 51.7 Å². The molecule has 3 rings (SSSR count). The highest BCUT2D eigenvalue weighted by molar-refractivity contribution is 5.81. The van der Waals surface area contributed by atoms with Crippen LogP contribution in [0.1, 0.15) is 56.8 Å². The molecule has 2 N–H and O–H groups in total. The minimum Gasteiger partial charge on any atom is -0.349 e. The molecule has 30 heavy (non-hydrogen) atoms. The number of likely N-dealkylation sites (tertiary alicyclic amines) is 1. The third-order valence-corrected chi connectivity index (χ3v) is 5.54. The summed E-state index contributed by atoms with van der Waals surface area (Å²) in [7, 11) is 0. The third-order valence-electron chi connectivity index (χ3n) is 5.54. The van der Waals surface area contributed by atoms with E-state index < -0.39 is 0 Å². The number of carbonyl (C=O) groups excluding carboxylic acids is 2. The van der Waals surface area contributed by atoms with Gasteiger partial charge in [0.15, 0.2) is 0 Å². The van der Waals surface area contributed by atoms with Crippen molar-refractivity contribution in [2.24, 2.45) is 5.92 Å². The van der Waals surface area contributed by atoms with Crippen LogP contribution in [0.2, 0.25) is 0 Å². The Morgan fingerprint density at radius 2 is 1.63 bits per heavy atom. The Bertz CT molecular complexity index is 855. The monoisotopic (exact) mass is 411 g/mol. The van der Waals surface area contributed by atoms with Crippen LogP contribution in [0.4, 0.5) is 9.18 Å². The fourth-order valence-electron chi connectivity index (χ4n) is 3.93. The van der Waals surface area contributed by atoms with Gasteiger partial charge in [0.25, 0.3) is 0 Å². The van der Waals surface area contributed by atoms with Crippen molar-refractivity contribution in [3.63, 3.8) is 0 Å². The first-order valence-corrected chi connectivity index (χ1v) is 10.5. The molecule has 0 saturated carbocycles. The van der Waals surface area contributed by atoms with Gasteiger partial charge in [0.1, 0.15) is 5.82 Å². The fourth-order valence-corrected chi connectivity index (χ4v) is 3.93. The highest BCUT2D eigenvalue weighted by Gasteiger charge is 2.36. The molecule has 1 saturated heterocycles. The maximum Gasteiger partial charge on any atom is 0.318 e. The van der Waals surface area contributed by atoms with E-state index in [1.165, 1.54) is 12.1 Å². The number of hydrogen-bond acceptors (Lipinski definition) is 2. The number of nitrogens with zero attached hydrogens (tertiary/aromatic N) is 1.